The fourth-order valence-electron chi connectivity index (χ4n) is 3.34. The number of amides is 1. The molecular weight excluding hydrogens is 332 g/mol. The molecule has 25 heavy (non-hydrogen) atoms. The van der Waals surface area contributed by atoms with Crippen molar-refractivity contribution in [3.8, 4) is 0 Å². The van der Waals surface area contributed by atoms with E-state index >= 15 is 0 Å². The van der Waals surface area contributed by atoms with Crippen LogP contribution < -0.4 is 5.73 Å². The molecule has 2 atom stereocenters. The maximum atomic E-state index is 11.6. The largest absolute Gasteiger partial charge is 0.392 e. The number of aliphatic hydroxyl groups excluding tert-OH is 1. The number of nitrogens with zero attached hydrogens (tertiary/aromatic N) is 1. The summed E-state index contributed by atoms with van der Waals surface area (Å²) in [6.07, 6.45) is -0.185. The molecule has 0 aromatic heterocycles. The van der Waals surface area contributed by atoms with E-state index in [1.54, 1.807) is 0 Å². The summed E-state index contributed by atoms with van der Waals surface area (Å²) in [4.78, 5) is 15.2. The molecule has 3 N–H and O–H groups in total. The summed E-state index contributed by atoms with van der Waals surface area (Å²) >= 11 is 1.85. The van der Waals surface area contributed by atoms with Gasteiger partial charge in [0.25, 0.3) is 0 Å². The molecule has 0 spiro atoms. The maximum Gasteiger partial charge on any atom is 0.227 e. The van der Waals surface area contributed by atoms with Gasteiger partial charge in [0.15, 0.2) is 0 Å². The van der Waals surface area contributed by atoms with Gasteiger partial charge >= 0.3 is 0 Å². The first-order chi connectivity index (χ1) is 12.0. The molecule has 0 saturated heterocycles. The Morgan fingerprint density at radius 3 is 2.76 bits per heavy atom. The Hall–Kier alpha value is -1.82. The molecule has 1 aliphatic carbocycles. The van der Waals surface area contributed by atoms with Crippen molar-refractivity contribution in [2.45, 2.75) is 29.9 Å². The minimum Gasteiger partial charge on any atom is -0.392 e. The summed E-state index contributed by atoms with van der Waals surface area (Å²) in [5.41, 5.74) is 8.53. The van der Waals surface area contributed by atoms with Crippen molar-refractivity contribution in [2.75, 3.05) is 19.3 Å². The topological polar surface area (TPSA) is 66.6 Å². The lowest BCUT2D eigenvalue weighted by molar-refractivity contribution is -0.121. The van der Waals surface area contributed by atoms with Crippen LogP contribution >= 0.6 is 11.8 Å². The third-order valence-corrected chi connectivity index (χ3v) is 5.60. The second-order valence-corrected chi connectivity index (χ2v) is 7.75. The lowest BCUT2D eigenvalue weighted by Gasteiger charge is -2.18. The molecule has 0 bridgehead atoms. The van der Waals surface area contributed by atoms with Crippen molar-refractivity contribution in [3.05, 3.63) is 65.2 Å². The molecule has 1 aliphatic rings. The van der Waals surface area contributed by atoms with Gasteiger partial charge in [-0.15, -0.1) is 11.8 Å². The van der Waals surface area contributed by atoms with Crippen LogP contribution in [0.3, 0.4) is 0 Å². The second-order valence-electron chi connectivity index (χ2n) is 6.58. The normalized spacial score (nSPS) is 19.2. The van der Waals surface area contributed by atoms with Crippen molar-refractivity contribution < 1.29 is 9.90 Å². The summed E-state index contributed by atoms with van der Waals surface area (Å²) in [6, 6.07) is 16.5. The number of aliphatic hydroxyl groups is 1. The van der Waals surface area contributed by atoms with Crippen LogP contribution in [0.25, 0.3) is 0 Å². The Labute approximate surface area is 153 Å². The molecule has 1 amide bonds. The van der Waals surface area contributed by atoms with Crippen LogP contribution in [0.2, 0.25) is 0 Å². The molecule has 0 aliphatic heterocycles. The van der Waals surface area contributed by atoms with Gasteiger partial charge in [0.1, 0.15) is 0 Å². The monoisotopic (exact) mass is 356 g/mol. The Kier molecular flexibility index (Phi) is 5.78. The highest BCUT2D eigenvalue weighted by atomic mass is 32.2. The third kappa shape index (κ3) is 4.42. The molecule has 2 aromatic carbocycles. The highest BCUT2D eigenvalue weighted by Crippen LogP contribution is 2.34. The van der Waals surface area contributed by atoms with Crippen molar-refractivity contribution in [3.63, 3.8) is 0 Å². The lowest BCUT2D eigenvalue weighted by Crippen LogP contribution is -2.28. The molecule has 2 aromatic rings. The molecule has 0 heterocycles. The van der Waals surface area contributed by atoms with E-state index < -0.39 is 17.9 Å². The first-order valence-electron chi connectivity index (χ1n) is 8.50. The molecule has 0 saturated carbocycles. The van der Waals surface area contributed by atoms with Crippen LogP contribution in [0.4, 0.5) is 0 Å². The zero-order chi connectivity index (χ0) is 17.8. The summed E-state index contributed by atoms with van der Waals surface area (Å²) in [5.74, 6) is -0.00133. The van der Waals surface area contributed by atoms with Crippen molar-refractivity contribution in [2.24, 2.45) is 5.73 Å². The zero-order valence-corrected chi connectivity index (χ0v) is 15.2. The minimum atomic E-state index is -0.692. The highest BCUT2D eigenvalue weighted by molar-refractivity contribution is 7.99. The molecule has 3 rings (SSSR count). The minimum absolute atomic E-state index is 0.448. The Morgan fingerprint density at radius 1 is 1.28 bits per heavy atom. The number of fused-ring (bicyclic) bond motifs is 1. The van der Waals surface area contributed by atoms with Crippen LogP contribution in [0.1, 0.15) is 22.6 Å². The van der Waals surface area contributed by atoms with Crippen LogP contribution in [0, 0.1) is 0 Å². The van der Waals surface area contributed by atoms with Crippen molar-refractivity contribution >= 4 is 17.7 Å². The fourth-order valence-corrected chi connectivity index (χ4v) is 4.33. The Balaban J connectivity index is 1.57. The molecular formula is C20H24N2O2S. The van der Waals surface area contributed by atoms with Gasteiger partial charge in [-0.25, -0.2) is 0 Å². The third-order valence-electron chi connectivity index (χ3n) is 4.60. The quantitative estimate of drug-likeness (QED) is 0.748. The van der Waals surface area contributed by atoms with Crippen molar-refractivity contribution in [1.29, 1.82) is 0 Å². The number of benzene rings is 2. The predicted octanol–water partition coefficient (Wildman–Crippen LogP) is 2.40. The molecule has 4 nitrogen and oxygen atoms in total. The fraction of sp³-hybridized carbons (Fsp3) is 0.350. The maximum absolute atomic E-state index is 11.6. The van der Waals surface area contributed by atoms with Crippen LogP contribution in [0.15, 0.2) is 53.4 Å². The smallest absolute Gasteiger partial charge is 0.227 e. The molecule has 132 valence electrons. The number of rotatable bonds is 7. The van der Waals surface area contributed by atoms with Gasteiger partial charge in [0.2, 0.25) is 5.91 Å². The van der Waals surface area contributed by atoms with E-state index in [0.29, 0.717) is 6.42 Å². The van der Waals surface area contributed by atoms with E-state index in [9.17, 15) is 9.90 Å². The number of primary amides is 1. The van der Waals surface area contributed by atoms with Gasteiger partial charge < -0.3 is 15.7 Å². The number of thioether (sulfide) groups is 1. The first kappa shape index (κ1) is 18.0. The highest BCUT2D eigenvalue weighted by Gasteiger charge is 2.35. The number of carbonyl (C=O) groups excluding carboxylic acids is 1. The SMILES string of the molecule is CN(CCSc1ccccc1)Cc1ccc2c(c1)[C@@H](C(N)=O)[C@H](O)C2. The zero-order valence-electron chi connectivity index (χ0n) is 14.4. The van der Waals surface area contributed by atoms with Gasteiger partial charge in [0, 0.05) is 23.7 Å². The molecule has 0 fully saturated rings. The first-order valence-corrected chi connectivity index (χ1v) is 9.48. The van der Waals surface area contributed by atoms with Gasteiger partial charge in [-0.3, -0.25) is 4.79 Å². The molecule has 5 heteroatoms. The molecule has 0 radical (unpaired) electrons. The average molecular weight is 356 g/mol. The number of nitrogens with two attached hydrogens (primary N) is 1. The standard InChI is InChI=1S/C20H24N2O2S/c1-22(9-10-25-16-5-3-2-4-6-16)13-14-7-8-15-12-18(23)19(20(21)24)17(15)11-14/h2-8,11,18-19,23H,9-10,12-13H2,1H3,(H2,21,24)/t18-,19-/m1/s1. The van der Waals surface area contributed by atoms with Gasteiger partial charge in [-0.1, -0.05) is 36.4 Å². The van der Waals surface area contributed by atoms with Gasteiger partial charge in [0.05, 0.1) is 12.0 Å². The van der Waals surface area contributed by atoms with Crippen LogP contribution in [-0.2, 0) is 17.8 Å². The predicted molar refractivity (Wildman–Crippen MR) is 102 cm³/mol. The summed E-state index contributed by atoms with van der Waals surface area (Å²) < 4.78 is 0. The molecule has 0 unspecified atom stereocenters. The number of carbonyl (C=O) groups is 1. The van der Waals surface area contributed by atoms with Crippen molar-refractivity contribution in [1.82, 2.24) is 4.90 Å². The Morgan fingerprint density at radius 2 is 2.04 bits per heavy atom. The second kappa shape index (κ2) is 8.04. The van der Waals surface area contributed by atoms with E-state index in [0.717, 1.165) is 35.5 Å². The van der Waals surface area contributed by atoms with E-state index in [4.69, 9.17) is 5.73 Å². The van der Waals surface area contributed by atoms with Crippen LogP contribution in [0.5, 0.6) is 0 Å². The lowest BCUT2D eigenvalue weighted by atomic mass is 9.97. The van der Waals surface area contributed by atoms with E-state index in [1.165, 1.54) is 4.90 Å². The number of hydrogen-bond acceptors (Lipinski definition) is 4. The average Bonchev–Trinajstić information content (AvgIpc) is 2.91. The number of hydrogen-bond donors (Lipinski definition) is 2. The summed E-state index contributed by atoms with van der Waals surface area (Å²) in [7, 11) is 2.10. The van der Waals surface area contributed by atoms with Gasteiger partial charge in [-0.2, -0.15) is 0 Å². The van der Waals surface area contributed by atoms with Gasteiger partial charge in [-0.05, 0) is 42.3 Å². The van der Waals surface area contributed by atoms with Crippen LogP contribution in [-0.4, -0.2) is 41.4 Å². The summed E-state index contributed by atoms with van der Waals surface area (Å²) in [6.45, 7) is 1.78. The Bertz CT molecular complexity index is 736. The van der Waals surface area contributed by atoms with E-state index in [-0.39, 0.29) is 0 Å². The van der Waals surface area contributed by atoms with E-state index in [1.807, 2.05) is 30.0 Å². The van der Waals surface area contributed by atoms with E-state index in [2.05, 4.69) is 42.3 Å². The summed E-state index contributed by atoms with van der Waals surface area (Å²) in [5, 5.41) is 10.1.